The molecule has 4 nitrogen and oxygen atoms in total. The molecule has 0 atom stereocenters. The van der Waals surface area contributed by atoms with Crippen molar-refractivity contribution in [1.29, 1.82) is 0 Å². The SMILES string of the molecule is O=S(=O)(Cl)c1nc2c(C(F)(F)F)cccc2o1. The predicted octanol–water partition coefficient (Wildman–Crippen LogP) is 2.77. The van der Waals surface area contributed by atoms with E-state index < -0.39 is 31.5 Å². The summed E-state index contributed by atoms with van der Waals surface area (Å²) in [7, 11) is 0.632. The number of hydrogen-bond acceptors (Lipinski definition) is 4. The van der Waals surface area contributed by atoms with Crippen molar-refractivity contribution in [2.75, 3.05) is 0 Å². The van der Waals surface area contributed by atoms with E-state index in [-0.39, 0.29) is 5.58 Å². The highest BCUT2D eigenvalue weighted by atomic mass is 35.7. The first-order valence-corrected chi connectivity index (χ1v) is 6.42. The molecule has 0 aliphatic rings. The zero-order chi connectivity index (χ0) is 12.8. The fourth-order valence-electron chi connectivity index (χ4n) is 1.26. The first-order chi connectivity index (χ1) is 7.69. The molecule has 0 unspecified atom stereocenters. The molecule has 0 amide bonds. The lowest BCUT2D eigenvalue weighted by Gasteiger charge is -2.05. The molecular formula is C8H3ClF3NO3S. The normalized spacial score (nSPS) is 13.2. The fourth-order valence-corrected chi connectivity index (χ4v) is 1.85. The Morgan fingerprint density at radius 3 is 2.47 bits per heavy atom. The number of oxazole rings is 1. The topological polar surface area (TPSA) is 60.2 Å². The number of aromatic nitrogens is 1. The smallest absolute Gasteiger partial charge is 0.418 e. The lowest BCUT2D eigenvalue weighted by atomic mass is 10.2. The zero-order valence-corrected chi connectivity index (χ0v) is 9.40. The molecule has 0 N–H and O–H groups in total. The second-order valence-corrected chi connectivity index (χ2v) is 5.51. The molecule has 2 rings (SSSR count). The zero-order valence-electron chi connectivity index (χ0n) is 7.82. The van der Waals surface area contributed by atoms with E-state index in [1.807, 2.05) is 0 Å². The molecule has 92 valence electrons. The molecule has 0 spiro atoms. The number of nitrogens with zero attached hydrogens (tertiary/aromatic N) is 1. The van der Waals surface area contributed by atoms with E-state index in [9.17, 15) is 21.6 Å². The average Bonchev–Trinajstić information content (AvgIpc) is 2.57. The molecular weight excluding hydrogens is 283 g/mol. The minimum atomic E-state index is -4.65. The lowest BCUT2D eigenvalue weighted by molar-refractivity contribution is -0.136. The van der Waals surface area contributed by atoms with Crippen molar-refractivity contribution in [1.82, 2.24) is 4.98 Å². The van der Waals surface area contributed by atoms with Crippen molar-refractivity contribution in [3.05, 3.63) is 23.8 Å². The Bertz CT molecular complexity index is 677. The maximum atomic E-state index is 12.6. The van der Waals surface area contributed by atoms with Crippen molar-refractivity contribution in [2.24, 2.45) is 0 Å². The number of halogens is 4. The van der Waals surface area contributed by atoms with Crippen molar-refractivity contribution < 1.29 is 26.0 Å². The van der Waals surface area contributed by atoms with Crippen LogP contribution in [0.5, 0.6) is 0 Å². The molecule has 0 aliphatic heterocycles. The van der Waals surface area contributed by atoms with E-state index in [0.29, 0.717) is 0 Å². The van der Waals surface area contributed by atoms with Gasteiger partial charge in [-0.3, -0.25) is 0 Å². The summed E-state index contributed by atoms with van der Waals surface area (Å²) < 4.78 is 64.1. The molecule has 0 fully saturated rings. The molecule has 1 heterocycles. The highest BCUT2D eigenvalue weighted by Gasteiger charge is 2.35. The number of hydrogen-bond donors (Lipinski definition) is 0. The third kappa shape index (κ3) is 2.22. The van der Waals surface area contributed by atoms with E-state index in [1.54, 1.807) is 0 Å². The Hall–Kier alpha value is -1.28. The van der Waals surface area contributed by atoms with Crippen LogP contribution >= 0.6 is 10.7 Å². The maximum Gasteiger partial charge on any atom is 0.418 e. The highest BCUT2D eigenvalue weighted by molar-refractivity contribution is 8.13. The fraction of sp³-hybridized carbons (Fsp3) is 0.125. The molecule has 2 aromatic rings. The molecule has 17 heavy (non-hydrogen) atoms. The van der Waals surface area contributed by atoms with Crippen molar-refractivity contribution in [2.45, 2.75) is 11.4 Å². The van der Waals surface area contributed by atoms with Crippen LogP contribution in [0.25, 0.3) is 11.1 Å². The van der Waals surface area contributed by atoms with E-state index >= 15 is 0 Å². The Labute approximate surface area is 97.4 Å². The van der Waals surface area contributed by atoms with Gasteiger partial charge in [0.2, 0.25) is 0 Å². The number of benzene rings is 1. The van der Waals surface area contributed by atoms with Crippen LogP contribution in [0, 0.1) is 0 Å². The van der Waals surface area contributed by atoms with Crippen molar-refractivity contribution >= 4 is 30.8 Å². The number of fused-ring (bicyclic) bond motifs is 1. The minimum absolute atomic E-state index is 0.293. The Morgan fingerprint density at radius 1 is 1.29 bits per heavy atom. The van der Waals surface area contributed by atoms with Gasteiger partial charge in [-0.15, -0.1) is 0 Å². The third-order valence-corrected chi connectivity index (χ3v) is 2.90. The Balaban J connectivity index is 2.79. The second kappa shape index (κ2) is 3.61. The molecule has 0 radical (unpaired) electrons. The quantitative estimate of drug-likeness (QED) is 0.756. The van der Waals surface area contributed by atoms with Crippen LogP contribution in [0.15, 0.2) is 27.8 Å². The largest absolute Gasteiger partial charge is 0.427 e. The molecule has 9 heteroatoms. The van der Waals surface area contributed by atoms with Crippen LogP contribution in [0.3, 0.4) is 0 Å². The summed E-state index contributed by atoms with van der Waals surface area (Å²) in [5.41, 5.74) is -1.96. The lowest BCUT2D eigenvalue weighted by Crippen LogP contribution is -2.05. The monoisotopic (exact) mass is 285 g/mol. The van der Waals surface area contributed by atoms with Crippen LogP contribution in [-0.4, -0.2) is 13.4 Å². The van der Waals surface area contributed by atoms with Crippen molar-refractivity contribution in [3.63, 3.8) is 0 Å². The Morgan fingerprint density at radius 2 is 1.94 bits per heavy atom. The molecule has 0 saturated carbocycles. The number of para-hydroxylation sites is 1. The van der Waals surface area contributed by atoms with Gasteiger partial charge in [0.1, 0.15) is 5.52 Å². The summed E-state index contributed by atoms with van der Waals surface area (Å²) in [5.74, 6) is 0. The molecule has 0 aliphatic carbocycles. The van der Waals surface area contributed by atoms with Gasteiger partial charge in [-0.1, -0.05) is 6.07 Å². The van der Waals surface area contributed by atoms with Gasteiger partial charge in [-0.2, -0.15) is 18.2 Å². The van der Waals surface area contributed by atoms with Gasteiger partial charge < -0.3 is 4.42 Å². The van der Waals surface area contributed by atoms with E-state index in [4.69, 9.17) is 10.7 Å². The summed E-state index contributed by atoms with van der Waals surface area (Å²) in [6.45, 7) is 0. The molecule has 0 bridgehead atoms. The minimum Gasteiger partial charge on any atom is -0.427 e. The van der Waals surface area contributed by atoms with E-state index in [0.717, 1.165) is 12.1 Å². The maximum absolute atomic E-state index is 12.6. The van der Waals surface area contributed by atoms with Gasteiger partial charge in [0.15, 0.2) is 5.58 Å². The second-order valence-electron chi connectivity index (χ2n) is 3.07. The van der Waals surface area contributed by atoms with Crippen LogP contribution in [0.2, 0.25) is 0 Å². The summed E-state index contributed by atoms with van der Waals surface area (Å²) in [6.07, 6.45) is -4.65. The predicted molar refractivity (Wildman–Crippen MR) is 52.0 cm³/mol. The number of rotatable bonds is 1. The van der Waals surface area contributed by atoms with E-state index in [1.165, 1.54) is 6.07 Å². The highest BCUT2D eigenvalue weighted by Crippen LogP contribution is 2.35. The van der Waals surface area contributed by atoms with Crippen LogP contribution in [-0.2, 0) is 15.2 Å². The summed E-state index contributed by atoms with van der Waals surface area (Å²) >= 11 is 0. The van der Waals surface area contributed by atoms with Gasteiger partial charge in [-0.05, 0) is 12.1 Å². The van der Waals surface area contributed by atoms with Gasteiger partial charge in [0.05, 0.1) is 5.56 Å². The first kappa shape index (κ1) is 12.2. The Kier molecular flexibility index (Phi) is 2.58. The summed E-state index contributed by atoms with van der Waals surface area (Å²) in [4.78, 5) is 3.24. The van der Waals surface area contributed by atoms with Gasteiger partial charge in [0, 0.05) is 10.7 Å². The average molecular weight is 286 g/mol. The molecule has 1 aromatic heterocycles. The third-order valence-electron chi connectivity index (χ3n) is 1.91. The first-order valence-electron chi connectivity index (χ1n) is 4.11. The van der Waals surface area contributed by atoms with Crippen LogP contribution in [0.1, 0.15) is 5.56 Å². The van der Waals surface area contributed by atoms with Crippen molar-refractivity contribution in [3.8, 4) is 0 Å². The summed E-state index contributed by atoms with van der Waals surface area (Å²) in [5, 5.41) is -0.953. The van der Waals surface area contributed by atoms with Gasteiger partial charge in [0.25, 0.3) is 0 Å². The molecule has 1 aromatic carbocycles. The van der Waals surface area contributed by atoms with Crippen LogP contribution < -0.4 is 0 Å². The number of alkyl halides is 3. The standard InChI is InChI=1S/C8H3ClF3NO3S/c9-17(14,15)7-13-6-4(8(10,11)12)2-1-3-5(6)16-7/h1-3H. The van der Waals surface area contributed by atoms with Gasteiger partial charge in [-0.25, -0.2) is 8.42 Å². The van der Waals surface area contributed by atoms with E-state index in [2.05, 4.69) is 9.40 Å². The summed E-state index contributed by atoms with van der Waals surface area (Å²) in [6, 6.07) is 3.03. The van der Waals surface area contributed by atoms with Gasteiger partial charge >= 0.3 is 20.4 Å². The molecule has 0 saturated heterocycles. The van der Waals surface area contributed by atoms with Crippen LogP contribution in [0.4, 0.5) is 13.2 Å².